The Morgan fingerprint density at radius 2 is 2.20 bits per heavy atom. The lowest BCUT2D eigenvalue weighted by Gasteiger charge is -2.06. The van der Waals surface area contributed by atoms with Gasteiger partial charge in [-0.05, 0) is 6.07 Å². The topological polar surface area (TPSA) is 65.2 Å². The van der Waals surface area contributed by atoms with Gasteiger partial charge in [-0.3, -0.25) is 0 Å². The minimum atomic E-state index is -3.07. The van der Waals surface area contributed by atoms with Crippen molar-refractivity contribution in [1.82, 2.24) is 4.98 Å². The van der Waals surface area contributed by atoms with E-state index in [1.165, 1.54) is 0 Å². The Hall–Kier alpha value is -1.79. The molecule has 0 atom stereocenters. The molecule has 0 aliphatic heterocycles. The van der Waals surface area contributed by atoms with E-state index >= 15 is 0 Å². The second kappa shape index (κ2) is 4.16. The second-order valence-corrected chi connectivity index (χ2v) is 2.59. The van der Waals surface area contributed by atoms with Crippen molar-refractivity contribution in [3.63, 3.8) is 0 Å². The van der Waals surface area contributed by atoms with Crippen molar-refractivity contribution < 1.29 is 22.7 Å². The molecule has 1 heterocycles. The summed E-state index contributed by atoms with van der Waals surface area (Å²) in [5, 5.41) is 0. The maximum atomic E-state index is 13.0. The van der Waals surface area contributed by atoms with Gasteiger partial charge in [0.25, 0.3) is 6.43 Å². The molecular formula is C8H7F3N2O2. The first-order chi connectivity index (χ1) is 6.97. The van der Waals surface area contributed by atoms with Gasteiger partial charge in [0.15, 0.2) is 17.3 Å². The van der Waals surface area contributed by atoms with Gasteiger partial charge in [0.1, 0.15) is 0 Å². The molecule has 0 fully saturated rings. The Kier molecular flexibility index (Phi) is 3.13. The molecule has 0 spiro atoms. The number of esters is 1. The van der Waals surface area contributed by atoms with Crippen LogP contribution >= 0.6 is 0 Å². The minimum Gasteiger partial charge on any atom is -0.464 e. The number of methoxy groups -OCH3 is 1. The second-order valence-electron chi connectivity index (χ2n) is 2.59. The van der Waals surface area contributed by atoms with Crippen LogP contribution in [0.15, 0.2) is 6.07 Å². The summed E-state index contributed by atoms with van der Waals surface area (Å²) in [4.78, 5) is 14.2. The molecule has 0 saturated carbocycles. The molecule has 4 nitrogen and oxygen atoms in total. The van der Waals surface area contributed by atoms with Crippen LogP contribution in [0.5, 0.6) is 0 Å². The number of alkyl halides is 2. The Balaban J connectivity index is 3.29. The van der Waals surface area contributed by atoms with Crippen molar-refractivity contribution in [2.75, 3.05) is 12.8 Å². The van der Waals surface area contributed by atoms with Crippen LogP contribution in [0, 0.1) is 5.82 Å². The Morgan fingerprint density at radius 3 is 2.67 bits per heavy atom. The highest BCUT2D eigenvalue weighted by Gasteiger charge is 2.20. The number of carbonyl (C=O) groups is 1. The van der Waals surface area contributed by atoms with Crippen LogP contribution in [0.2, 0.25) is 0 Å². The molecule has 2 N–H and O–H groups in total. The van der Waals surface area contributed by atoms with Gasteiger partial charge >= 0.3 is 5.97 Å². The Bertz CT molecular complexity index is 396. The molecule has 0 saturated heterocycles. The van der Waals surface area contributed by atoms with Crippen LogP contribution in [0.1, 0.15) is 22.5 Å². The first-order valence-electron chi connectivity index (χ1n) is 3.79. The van der Waals surface area contributed by atoms with E-state index in [1.54, 1.807) is 0 Å². The maximum absolute atomic E-state index is 13.0. The molecule has 0 bridgehead atoms. The Labute approximate surface area is 82.9 Å². The highest BCUT2D eigenvalue weighted by Crippen LogP contribution is 2.25. The van der Waals surface area contributed by atoms with Crippen molar-refractivity contribution in [2.45, 2.75) is 6.43 Å². The summed E-state index contributed by atoms with van der Waals surface area (Å²) in [6.07, 6.45) is -3.07. The number of nitrogens with two attached hydrogens (primary N) is 1. The molecule has 0 radical (unpaired) electrons. The average molecular weight is 220 g/mol. The third-order valence-electron chi connectivity index (χ3n) is 1.64. The van der Waals surface area contributed by atoms with Crippen molar-refractivity contribution in [2.24, 2.45) is 0 Å². The van der Waals surface area contributed by atoms with Crippen molar-refractivity contribution in [3.8, 4) is 0 Å². The molecule has 0 aliphatic rings. The zero-order valence-corrected chi connectivity index (χ0v) is 7.63. The molecule has 1 aromatic rings. The van der Waals surface area contributed by atoms with Crippen LogP contribution in [-0.4, -0.2) is 18.1 Å². The van der Waals surface area contributed by atoms with Gasteiger partial charge in [-0.15, -0.1) is 0 Å². The minimum absolute atomic E-state index is 0.452. The number of ether oxygens (including phenoxy) is 1. The molecule has 0 aliphatic carbocycles. The fourth-order valence-electron chi connectivity index (χ4n) is 0.938. The van der Waals surface area contributed by atoms with Crippen LogP contribution in [0.4, 0.5) is 19.0 Å². The first kappa shape index (κ1) is 11.3. The summed E-state index contributed by atoms with van der Waals surface area (Å²) in [5.41, 5.74) is 3.60. The fraction of sp³-hybridized carbons (Fsp3) is 0.250. The highest BCUT2D eigenvalue weighted by atomic mass is 19.3. The molecule has 0 unspecified atom stereocenters. The lowest BCUT2D eigenvalue weighted by Crippen LogP contribution is -2.10. The number of carbonyl (C=O) groups excluding carboxylic acids is 1. The molecule has 0 aromatic carbocycles. The zero-order chi connectivity index (χ0) is 11.6. The summed E-state index contributed by atoms with van der Waals surface area (Å²) in [6.45, 7) is 0. The molecule has 1 aromatic heterocycles. The summed E-state index contributed by atoms with van der Waals surface area (Å²) < 4.78 is 41.8. The smallest absolute Gasteiger partial charge is 0.356 e. The van der Waals surface area contributed by atoms with E-state index in [2.05, 4.69) is 9.72 Å². The monoisotopic (exact) mass is 220 g/mol. The van der Waals surface area contributed by atoms with E-state index in [4.69, 9.17) is 5.73 Å². The van der Waals surface area contributed by atoms with E-state index < -0.39 is 35.3 Å². The van der Waals surface area contributed by atoms with E-state index in [0.29, 0.717) is 6.07 Å². The molecule has 82 valence electrons. The van der Waals surface area contributed by atoms with Gasteiger partial charge < -0.3 is 10.5 Å². The van der Waals surface area contributed by atoms with Gasteiger partial charge in [-0.2, -0.15) is 0 Å². The number of anilines is 1. The van der Waals surface area contributed by atoms with Crippen molar-refractivity contribution in [3.05, 3.63) is 23.1 Å². The predicted octanol–water partition coefficient (Wildman–Crippen LogP) is 1.53. The van der Waals surface area contributed by atoms with Gasteiger partial charge in [-0.25, -0.2) is 22.9 Å². The standard InChI is InChI=1S/C8H7F3N2O2/c1-15-8(14)4-2-3(6(10)11)5(9)7(12)13-4/h2,6H,1H3,(H2,12,13). The third kappa shape index (κ3) is 2.17. The normalized spacial score (nSPS) is 10.5. The quantitative estimate of drug-likeness (QED) is 0.767. The zero-order valence-electron chi connectivity index (χ0n) is 7.63. The van der Waals surface area contributed by atoms with Crippen LogP contribution in [0.25, 0.3) is 0 Å². The summed E-state index contributed by atoms with van der Waals surface area (Å²) in [5.74, 6) is -3.03. The van der Waals surface area contributed by atoms with Crippen molar-refractivity contribution in [1.29, 1.82) is 0 Å². The molecule has 0 amide bonds. The van der Waals surface area contributed by atoms with Gasteiger partial charge in [0.05, 0.1) is 12.7 Å². The van der Waals surface area contributed by atoms with Crippen LogP contribution in [0.3, 0.4) is 0 Å². The largest absolute Gasteiger partial charge is 0.464 e. The molecular weight excluding hydrogens is 213 g/mol. The number of nitrogens with zero attached hydrogens (tertiary/aromatic N) is 1. The van der Waals surface area contributed by atoms with Crippen LogP contribution in [-0.2, 0) is 4.74 Å². The number of aromatic nitrogens is 1. The van der Waals surface area contributed by atoms with E-state index in [1.807, 2.05) is 0 Å². The molecule has 15 heavy (non-hydrogen) atoms. The third-order valence-corrected chi connectivity index (χ3v) is 1.64. The van der Waals surface area contributed by atoms with Crippen LogP contribution < -0.4 is 5.73 Å². The number of hydrogen-bond donors (Lipinski definition) is 1. The Morgan fingerprint density at radius 1 is 1.60 bits per heavy atom. The lowest BCUT2D eigenvalue weighted by molar-refractivity contribution is 0.0593. The number of nitrogen functional groups attached to an aromatic ring is 1. The van der Waals surface area contributed by atoms with Gasteiger partial charge in [0.2, 0.25) is 0 Å². The highest BCUT2D eigenvalue weighted by molar-refractivity contribution is 5.87. The summed E-state index contributed by atoms with van der Waals surface area (Å²) in [6, 6.07) is 0.613. The summed E-state index contributed by atoms with van der Waals surface area (Å²) >= 11 is 0. The molecule has 1 rings (SSSR count). The summed E-state index contributed by atoms with van der Waals surface area (Å²) in [7, 11) is 1.05. The SMILES string of the molecule is COC(=O)c1cc(C(F)F)c(F)c(N)n1. The van der Waals surface area contributed by atoms with Crippen molar-refractivity contribution >= 4 is 11.8 Å². The fourth-order valence-corrected chi connectivity index (χ4v) is 0.938. The van der Waals surface area contributed by atoms with E-state index in [9.17, 15) is 18.0 Å². The number of hydrogen-bond acceptors (Lipinski definition) is 4. The molecule has 7 heteroatoms. The van der Waals surface area contributed by atoms with Gasteiger partial charge in [0, 0.05) is 0 Å². The predicted molar refractivity (Wildman–Crippen MR) is 44.9 cm³/mol. The van der Waals surface area contributed by atoms with Gasteiger partial charge in [-0.1, -0.05) is 0 Å². The number of pyridine rings is 1. The lowest BCUT2D eigenvalue weighted by atomic mass is 10.2. The average Bonchev–Trinajstić information content (AvgIpc) is 2.20. The first-order valence-corrected chi connectivity index (χ1v) is 3.79. The number of halogens is 3. The van der Waals surface area contributed by atoms with E-state index in [-0.39, 0.29) is 0 Å². The number of rotatable bonds is 2. The van der Waals surface area contributed by atoms with E-state index in [0.717, 1.165) is 7.11 Å². The maximum Gasteiger partial charge on any atom is 0.356 e.